The molecule has 0 aliphatic heterocycles. The van der Waals surface area contributed by atoms with Crippen molar-refractivity contribution in [3.8, 4) is 0 Å². The Morgan fingerprint density at radius 3 is 2.76 bits per heavy atom. The molecule has 0 amide bonds. The lowest BCUT2D eigenvalue weighted by molar-refractivity contribution is 0.599. The van der Waals surface area contributed by atoms with E-state index in [1.807, 2.05) is 35.4 Å². The molecule has 0 aliphatic rings. The maximum atomic E-state index is 13.8. The van der Waals surface area contributed by atoms with Crippen LogP contribution in [0.4, 0.5) is 4.39 Å². The topological polar surface area (TPSA) is 22.8 Å². The normalized spacial score (nSPS) is 11.4. The standard InChI is InChI=1S/C16H17ClFN3/c1-3-13-16(17)15(21(4-2)19-13)10-20-9-8-11-12(18)6-5-7-14(11)20/h5-9H,3-4,10H2,1-2H3. The van der Waals surface area contributed by atoms with Crippen molar-refractivity contribution >= 4 is 22.5 Å². The minimum Gasteiger partial charge on any atom is -0.341 e. The molecule has 5 heteroatoms. The number of hydrogen-bond acceptors (Lipinski definition) is 1. The van der Waals surface area contributed by atoms with Gasteiger partial charge in [-0.25, -0.2) is 4.39 Å². The zero-order valence-corrected chi connectivity index (χ0v) is 12.9. The monoisotopic (exact) mass is 305 g/mol. The summed E-state index contributed by atoms with van der Waals surface area (Å²) >= 11 is 6.44. The van der Waals surface area contributed by atoms with E-state index in [1.54, 1.807) is 12.1 Å². The van der Waals surface area contributed by atoms with Crippen LogP contribution in [0.15, 0.2) is 30.5 Å². The van der Waals surface area contributed by atoms with E-state index in [0.717, 1.165) is 34.9 Å². The van der Waals surface area contributed by atoms with Crippen LogP contribution in [0, 0.1) is 5.82 Å². The van der Waals surface area contributed by atoms with Crippen LogP contribution >= 0.6 is 11.6 Å². The summed E-state index contributed by atoms with van der Waals surface area (Å²) < 4.78 is 17.7. The number of aryl methyl sites for hydroxylation is 2. The van der Waals surface area contributed by atoms with E-state index in [4.69, 9.17) is 11.6 Å². The molecule has 0 saturated heterocycles. The highest BCUT2D eigenvalue weighted by Gasteiger charge is 2.15. The molecular weight excluding hydrogens is 289 g/mol. The summed E-state index contributed by atoms with van der Waals surface area (Å²) in [6.07, 6.45) is 2.70. The van der Waals surface area contributed by atoms with Crippen molar-refractivity contribution in [3.63, 3.8) is 0 Å². The average molecular weight is 306 g/mol. The molecule has 0 unspecified atom stereocenters. The summed E-state index contributed by atoms with van der Waals surface area (Å²) in [5, 5.41) is 5.87. The van der Waals surface area contributed by atoms with Crippen LogP contribution in [-0.2, 0) is 19.5 Å². The Kier molecular flexibility index (Phi) is 3.72. The van der Waals surface area contributed by atoms with E-state index < -0.39 is 0 Å². The highest BCUT2D eigenvalue weighted by molar-refractivity contribution is 6.31. The molecule has 110 valence electrons. The Hall–Kier alpha value is -1.81. The van der Waals surface area contributed by atoms with Gasteiger partial charge in [-0.15, -0.1) is 0 Å². The van der Waals surface area contributed by atoms with E-state index in [-0.39, 0.29) is 5.82 Å². The molecule has 0 radical (unpaired) electrons. The Morgan fingerprint density at radius 2 is 2.05 bits per heavy atom. The second-order valence-corrected chi connectivity index (χ2v) is 5.37. The molecule has 0 spiro atoms. The minimum atomic E-state index is -0.199. The Balaban J connectivity index is 2.07. The van der Waals surface area contributed by atoms with Crippen molar-refractivity contribution < 1.29 is 4.39 Å². The molecular formula is C16H17ClFN3. The summed E-state index contributed by atoms with van der Waals surface area (Å²) in [7, 11) is 0. The van der Waals surface area contributed by atoms with Gasteiger partial charge in [-0.05, 0) is 31.5 Å². The Bertz CT molecular complexity index is 788. The molecule has 2 heterocycles. The number of hydrogen-bond donors (Lipinski definition) is 0. The summed E-state index contributed by atoms with van der Waals surface area (Å²) in [6, 6.07) is 6.92. The maximum Gasteiger partial charge on any atom is 0.132 e. The molecule has 1 aromatic carbocycles. The molecule has 0 bridgehead atoms. The summed E-state index contributed by atoms with van der Waals surface area (Å²) in [6.45, 7) is 5.44. The molecule has 3 nitrogen and oxygen atoms in total. The molecule has 21 heavy (non-hydrogen) atoms. The third-order valence-corrected chi connectivity index (χ3v) is 4.21. The molecule has 0 fully saturated rings. The largest absolute Gasteiger partial charge is 0.341 e. The molecule has 0 N–H and O–H groups in total. The molecule has 2 aromatic heterocycles. The summed E-state index contributed by atoms with van der Waals surface area (Å²) in [4.78, 5) is 0. The zero-order valence-electron chi connectivity index (χ0n) is 12.1. The lowest BCUT2D eigenvalue weighted by Gasteiger charge is -2.08. The van der Waals surface area contributed by atoms with Gasteiger partial charge in [0.1, 0.15) is 5.82 Å². The SMILES string of the molecule is CCc1nn(CC)c(Cn2ccc3c(F)cccc32)c1Cl. The van der Waals surface area contributed by atoms with Crippen molar-refractivity contribution in [2.45, 2.75) is 33.4 Å². The van der Waals surface area contributed by atoms with Crippen molar-refractivity contribution in [2.75, 3.05) is 0 Å². The highest BCUT2D eigenvalue weighted by Crippen LogP contribution is 2.25. The number of rotatable bonds is 4. The van der Waals surface area contributed by atoms with Crippen LogP contribution in [0.25, 0.3) is 10.9 Å². The van der Waals surface area contributed by atoms with Crippen molar-refractivity contribution in [1.29, 1.82) is 0 Å². The van der Waals surface area contributed by atoms with Crippen LogP contribution in [0.5, 0.6) is 0 Å². The number of halogens is 2. The van der Waals surface area contributed by atoms with E-state index in [0.29, 0.717) is 11.9 Å². The van der Waals surface area contributed by atoms with Gasteiger partial charge in [0.2, 0.25) is 0 Å². The van der Waals surface area contributed by atoms with Crippen LogP contribution in [0.2, 0.25) is 5.02 Å². The summed E-state index contributed by atoms with van der Waals surface area (Å²) in [5.74, 6) is -0.199. The van der Waals surface area contributed by atoms with E-state index >= 15 is 0 Å². The second kappa shape index (κ2) is 5.53. The first-order valence-corrected chi connectivity index (χ1v) is 7.50. The summed E-state index contributed by atoms with van der Waals surface area (Å²) in [5.41, 5.74) is 2.75. The number of aromatic nitrogens is 3. The van der Waals surface area contributed by atoms with Crippen LogP contribution in [0.1, 0.15) is 25.2 Å². The lowest BCUT2D eigenvalue weighted by Crippen LogP contribution is -2.07. The molecule has 0 atom stereocenters. The van der Waals surface area contributed by atoms with Gasteiger partial charge in [0.15, 0.2) is 0 Å². The van der Waals surface area contributed by atoms with Crippen LogP contribution in [-0.4, -0.2) is 14.3 Å². The van der Waals surface area contributed by atoms with Gasteiger partial charge in [0.05, 0.1) is 28.5 Å². The second-order valence-electron chi connectivity index (χ2n) is 4.99. The van der Waals surface area contributed by atoms with Crippen molar-refractivity contribution in [2.24, 2.45) is 0 Å². The van der Waals surface area contributed by atoms with Gasteiger partial charge in [0.25, 0.3) is 0 Å². The van der Waals surface area contributed by atoms with Gasteiger partial charge in [-0.2, -0.15) is 5.10 Å². The third-order valence-electron chi connectivity index (χ3n) is 3.77. The predicted molar refractivity (Wildman–Crippen MR) is 83.3 cm³/mol. The van der Waals surface area contributed by atoms with E-state index in [1.165, 1.54) is 6.07 Å². The first-order valence-electron chi connectivity index (χ1n) is 7.13. The van der Waals surface area contributed by atoms with Crippen LogP contribution < -0.4 is 0 Å². The minimum absolute atomic E-state index is 0.199. The zero-order chi connectivity index (χ0) is 15.0. The smallest absolute Gasteiger partial charge is 0.132 e. The van der Waals surface area contributed by atoms with E-state index in [2.05, 4.69) is 5.10 Å². The Labute approximate surface area is 127 Å². The molecule has 0 saturated carbocycles. The number of fused-ring (bicyclic) bond motifs is 1. The van der Waals surface area contributed by atoms with Gasteiger partial charge >= 0.3 is 0 Å². The fourth-order valence-corrected chi connectivity index (χ4v) is 2.98. The van der Waals surface area contributed by atoms with Gasteiger partial charge < -0.3 is 4.57 Å². The highest BCUT2D eigenvalue weighted by atomic mass is 35.5. The third kappa shape index (κ3) is 2.33. The van der Waals surface area contributed by atoms with Crippen molar-refractivity contribution in [3.05, 3.63) is 52.7 Å². The van der Waals surface area contributed by atoms with Gasteiger partial charge in [-0.1, -0.05) is 24.6 Å². The first kappa shape index (κ1) is 14.1. The van der Waals surface area contributed by atoms with Gasteiger partial charge in [0, 0.05) is 18.1 Å². The van der Waals surface area contributed by atoms with Crippen molar-refractivity contribution in [1.82, 2.24) is 14.3 Å². The fraction of sp³-hybridized carbons (Fsp3) is 0.312. The molecule has 0 aliphatic carbocycles. The quantitative estimate of drug-likeness (QED) is 0.706. The van der Waals surface area contributed by atoms with Crippen LogP contribution in [0.3, 0.4) is 0 Å². The number of benzene rings is 1. The fourth-order valence-electron chi connectivity index (χ4n) is 2.65. The maximum absolute atomic E-state index is 13.8. The van der Waals surface area contributed by atoms with E-state index in [9.17, 15) is 4.39 Å². The first-order chi connectivity index (χ1) is 10.2. The average Bonchev–Trinajstić information content (AvgIpc) is 3.03. The molecule has 3 rings (SSSR count). The lowest BCUT2D eigenvalue weighted by atomic mass is 10.2. The molecule has 3 aromatic rings. The Morgan fingerprint density at radius 1 is 1.24 bits per heavy atom. The predicted octanol–water partition coefficient (Wildman–Crippen LogP) is 4.26. The number of nitrogens with zero attached hydrogens (tertiary/aromatic N) is 3. The van der Waals surface area contributed by atoms with Gasteiger partial charge in [-0.3, -0.25) is 4.68 Å².